The van der Waals surface area contributed by atoms with Crippen LogP contribution in [0.25, 0.3) is 0 Å². The Kier molecular flexibility index (Phi) is 3.66. The number of aromatic nitrogens is 1. The summed E-state index contributed by atoms with van der Waals surface area (Å²) in [6, 6.07) is 0. The molecule has 0 aliphatic heterocycles. The van der Waals surface area contributed by atoms with Crippen molar-refractivity contribution in [1.29, 1.82) is 0 Å². The van der Waals surface area contributed by atoms with Gasteiger partial charge in [0.25, 0.3) is 5.91 Å². The number of rotatable bonds is 2. The van der Waals surface area contributed by atoms with Crippen LogP contribution in [-0.4, -0.2) is 22.8 Å². The zero-order chi connectivity index (χ0) is 10.6. The van der Waals surface area contributed by atoms with E-state index in [2.05, 4.69) is 16.8 Å². The molecule has 0 aliphatic rings. The normalized spacial score (nSPS) is 9.07. The van der Waals surface area contributed by atoms with Crippen LogP contribution in [0.1, 0.15) is 17.5 Å². The van der Waals surface area contributed by atoms with E-state index < -0.39 is 0 Å². The minimum atomic E-state index is -0.152. The van der Waals surface area contributed by atoms with E-state index in [1.807, 2.05) is 6.92 Å². The molecule has 74 valence electrons. The molecule has 4 heteroatoms. The fourth-order valence-corrected chi connectivity index (χ4v) is 1.80. The van der Waals surface area contributed by atoms with Crippen LogP contribution in [0, 0.1) is 18.8 Å². The molecule has 0 spiro atoms. The van der Waals surface area contributed by atoms with Crippen LogP contribution in [0.5, 0.6) is 0 Å². The summed E-state index contributed by atoms with van der Waals surface area (Å²) < 4.78 is 0. The van der Waals surface area contributed by atoms with Gasteiger partial charge in [-0.25, -0.2) is 4.98 Å². The van der Waals surface area contributed by atoms with Gasteiger partial charge in [0.1, 0.15) is 0 Å². The summed E-state index contributed by atoms with van der Waals surface area (Å²) in [5, 5.41) is 0. The first-order valence-corrected chi connectivity index (χ1v) is 5.10. The maximum atomic E-state index is 11.3. The van der Waals surface area contributed by atoms with Crippen molar-refractivity contribution in [1.82, 2.24) is 9.88 Å². The van der Waals surface area contributed by atoms with Gasteiger partial charge in [-0.15, -0.1) is 11.3 Å². The number of hydrogen-bond donors (Lipinski definition) is 0. The quantitative estimate of drug-likeness (QED) is 0.689. The fourth-order valence-electron chi connectivity index (χ4n) is 0.968. The molecule has 1 amide bonds. The van der Waals surface area contributed by atoms with Crippen molar-refractivity contribution < 1.29 is 4.79 Å². The standard InChI is InChI=1S/C10H12N2OS/c1-4-5-10(13)12(3)6-9-8(2)11-7-14-9/h7H,6H2,1-3H3. The average molecular weight is 208 g/mol. The third-order valence-electron chi connectivity index (χ3n) is 1.80. The molecule has 14 heavy (non-hydrogen) atoms. The van der Waals surface area contributed by atoms with Gasteiger partial charge in [0.2, 0.25) is 0 Å². The first-order chi connectivity index (χ1) is 6.65. The topological polar surface area (TPSA) is 33.2 Å². The molecule has 1 heterocycles. The van der Waals surface area contributed by atoms with Crippen molar-refractivity contribution >= 4 is 17.2 Å². The predicted molar refractivity (Wildman–Crippen MR) is 56.8 cm³/mol. The zero-order valence-corrected chi connectivity index (χ0v) is 9.31. The number of carbonyl (C=O) groups is 1. The molecular formula is C10H12N2OS. The van der Waals surface area contributed by atoms with Crippen LogP contribution in [0.2, 0.25) is 0 Å². The van der Waals surface area contributed by atoms with E-state index in [1.165, 1.54) is 0 Å². The molecule has 1 rings (SSSR count). The lowest BCUT2D eigenvalue weighted by atomic mass is 10.3. The lowest BCUT2D eigenvalue weighted by Gasteiger charge is -2.12. The maximum absolute atomic E-state index is 11.3. The number of nitrogens with zero attached hydrogens (tertiary/aromatic N) is 2. The fraction of sp³-hybridized carbons (Fsp3) is 0.400. The molecule has 0 aliphatic carbocycles. The lowest BCUT2D eigenvalue weighted by molar-refractivity contribution is -0.124. The molecule has 0 N–H and O–H groups in total. The Bertz CT molecular complexity index is 386. The van der Waals surface area contributed by atoms with Crippen molar-refractivity contribution in [2.75, 3.05) is 7.05 Å². The Hall–Kier alpha value is -1.34. The predicted octanol–water partition coefficient (Wildman–Crippen LogP) is 1.43. The van der Waals surface area contributed by atoms with Crippen LogP contribution in [0.3, 0.4) is 0 Å². The van der Waals surface area contributed by atoms with Gasteiger partial charge in [-0.2, -0.15) is 0 Å². The van der Waals surface area contributed by atoms with E-state index in [-0.39, 0.29) is 5.91 Å². The second-order valence-corrected chi connectivity index (χ2v) is 3.84. The van der Waals surface area contributed by atoms with Crippen LogP contribution >= 0.6 is 11.3 Å². The first kappa shape index (κ1) is 10.7. The molecule has 0 saturated carbocycles. The molecular weight excluding hydrogens is 196 g/mol. The molecule has 0 unspecified atom stereocenters. The Morgan fingerprint density at radius 1 is 1.71 bits per heavy atom. The molecule has 0 fully saturated rings. The average Bonchev–Trinajstić information content (AvgIpc) is 2.52. The molecule has 1 aromatic rings. The van der Waals surface area contributed by atoms with Gasteiger partial charge in [0, 0.05) is 11.9 Å². The molecule has 3 nitrogen and oxygen atoms in total. The number of carbonyl (C=O) groups excluding carboxylic acids is 1. The van der Waals surface area contributed by atoms with Gasteiger partial charge in [-0.05, 0) is 19.8 Å². The summed E-state index contributed by atoms with van der Waals surface area (Å²) in [5.41, 5.74) is 2.77. The Morgan fingerprint density at radius 3 is 2.93 bits per heavy atom. The minimum Gasteiger partial charge on any atom is -0.330 e. The summed E-state index contributed by atoms with van der Waals surface area (Å²) in [6.45, 7) is 4.18. The Labute approximate surface area is 87.8 Å². The van der Waals surface area contributed by atoms with Gasteiger partial charge in [-0.3, -0.25) is 4.79 Å². The van der Waals surface area contributed by atoms with Crippen molar-refractivity contribution in [3.8, 4) is 11.8 Å². The van der Waals surface area contributed by atoms with Gasteiger partial charge in [0.15, 0.2) is 0 Å². The van der Waals surface area contributed by atoms with Gasteiger partial charge in [-0.1, -0.05) is 5.92 Å². The Morgan fingerprint density at radius 2 is 2.43 bits per heavy atom. The number of thiazole rings is 1. The van der Waals surface area contributed by atoms with E-state index in [9.17, 15) is 4.79 Å². The second kappa shape index (κ2) is 4.77. The van der Waals surface area contributed by atoms with E-state index in [0.29, 0.717) is 6.54 Å². The van der Waals surface area contributed by atoms with Crippen LogP contribution in [0.4, 0.5) is 0 Å². The van der Waals surface area contributed by atoms with Gasteiger partial charge in [0.05, 0.1) is 17.7 Å². The first-order valence-electron chi connectivity index (χ1n) is 4.22. The third kappa shape index (κ3) is 2.57. The van der Waals surface area contributed by atoms with Crippen LogP contribution < -0.4 is 0 Å². The van der Waals surface area contributed by atoms with Crippen LogP contribution in [0.15, 0.2) is 5.51 Å². The largest absolute Gasteiger partial charge is 0.330 e. The van der Waals surface area contributed by atoms with Gasteiger partial charge >= 0.3 is 0 Å². The third-order valence-corrected chi connectivity index (χ3v) is 2.72. The highest BCUT2D eigenvalue weighted by Crippen LogP contribution is 2.13. The van der Waals surface area contributed by atoms with Crippen molar-refractivity contribution in [3.63, 3.8) is 0 Å². The summed E-state index contributed by atoms with van der Waals surface area (Å²) in [5.74, 6) is 4.94. The monoisotopic (exact) mass is 208 g/mol. The summed E-state index contributed by atoms with van der Waals surface area (Å²) in [6.07, 6.45) is 0. The maximum Gasteiger partial charge on any atom is 0.298 e. The van der Waals surface area contributed by atoms with Crippen molar-refractivity contribution in [3.05, 3.63) is 16.1 Å². The van der Waals surface area contributed by atoms with Crippen LogP contribution in [-0.2, 0) is 11.3 Å². The molecule has 0 radical (unpaired) electrons. The van der Waals surface area contributed by atoms with Crippen molar-refractivity contribution in [2.24, 2.45) is 0 Å². The summed E-state index contributed by atoms with van der Waals surface area (Å²) in [7, 11) is 1.74. The van der Waals surface area contributed by atoms with Crippen molar-refractivity contribution in [2.45, 2.75) is 20.4 Å². The zero-order valence-electron chi connectivity index (χ0n) is 8.50. The van der Waals surface area contributed by atoms with E-state index in [4.69, 9.17) is 0 Å². The highest BCUT2D eigenvalue weighted by atomic mass is 32.1. The second-order valence-electron chi connectivity index (χ2n) is 2.90. The molecule has 0 bridgehead atoms. The Balaban J connectivity index is 2.64. The molecule has 0 saturated heterocycles. The number of aryl methyl sites for hydroxylation is 1. The molecule has 0 aromatic carbocycles. The highest BCUT2D eigenvalue weighted by molar-refractivity contribution is 7.09. The van der Waals surface area contributed by atoms with E-state index >= 15 is 0 Å². The molecule has 1 aromatic heterocycles. The minimum absolute atomic E-state index is 0.152. The summed E-state index contributed by atoms with van der Waals surface area (Å²) in [4.78, 5) is 18.1. The number of hydrogen-bond acceptors (Lipinski definition) is 3. The van der Waals surface area contributed by atoms with E-state index in [0.717, 1.165) is 10.6 Å². The SMILES string of the molecule is CC#CC(=O)N(C)Cc1scnc1C. The summed E-state index contributed by atoms with van der Waals surface area (Å²) >= 11 is 1.56. The molecule has 0 atom stereocenters. The number of amides is 1. The van der Waals surface area contributed by atoms with Gasteiger partial charge < -0.3 is 4.90 Å². The highest BCUT2D eigenvalue weighted by Gasteiger charge is 2.09. The van der Waals surface area contributed by atoms with E-state index in [1.54, 1.807) is 35.7 Å². The smallest absolute Gasteiger partial charge is 0.298 e. The lowest BCUT2D eigenvalue weighted by Crippen LogP contribution is -2.24.